The first-order chi connectivity index (χ1) is 15.1. The van der Waals surface area contributed by atoms with E-state index in [-0.39, 0.29) is 0 Å². The van der Waals surface area contributed by atoms with Crippen LogP contribution in [0.25, 0.3) is 0 Å². The van der Waals surface area contributed by atoms with Gasteiger partial charge in [0.25, 0.3) is 0 Å². The van der Waals surface area contributed by atoms with Crippen molar-refractivity contribution in [3.05, 3.63) is 0 Å². The first kappa shape index (κ1) is 28.5. The van der Waals surface area contributed by atoms with Gasteiger partial charge in [-0.15, -0.1) is 0 Å². The van der Waals surface area contributed by atoms with Crippen molar-refractivity contribution >= 4 is 37.7 Å². The highest BCUT2D eigenvalue weighted by Crippen LogP contribution is 2.38. The number of hydrogen-bond donors (Lipinski definition) is 0. The van der Waals surface area contributed by atoms with E-state index in [9.17, 15) is 38.3 Å². The van der Waals surface area contributed by atoms with Crippen molar-refractivity contribution in [3.8, 4) is 0 Å². The van der Waals surface area contributed by atoms with Gasteiger partial charge in [0.2, 0.25) is 6.29 Å². The summed E-state index contributed by atoms with van der Waals surface area (Å²) in [4.78, 5) is 80.4. The zero-order valence-corrected chi connectivity index (χ0v) is 19.1. The average Bonchev–Trinajstić information content (AvgIpc) is 2.60. The molecule has 0 N–H and O–H groups in total. The molecular weight excluding hydrogens is 475 g/mol. The second-order valence-corrected chi connectivity index (χ2v) is 7.80. The van der Waals surface area contributed by atoms with Crippen LogP contribution < -0.4 is 9.79 Å². The van der Waals surface area contributed by atoms with E-state index in [4.69, 9.17) is 28.4 Å². The third-order valence-electron chi connectivity index (χ3n) is 3.80. The van der Waals surface area contributed by atoms with Crippen molar-refractivity contribution in [2.45, 2.75) is 71.4 Å². The molecule has 15 nitrogen and oxygen atoms in total. The Morgan fingerprint density at radius 1 is 0.788 bits per heavy atom. The van der Waals surface area contributed by atoms with Crippen LogP contribution in [0.5, 0.6) is 0 Å². The molecule has 0 radical (unpaired) electrons. The highest BCUT2D eigenvalue weighted by atomic mass is 31.2. The molecule has 1 saturated heterocycles. The van der Waals surface area contributed by atoms with E-state index in [0.717, 1.165) is 34.6 Å². The molecule has 1 fully saturated rings. The monoisotopic (exact) mass is 498 g/mol. The molecule has 1 rings (SSSR count). The molecule has 33 heavy (non-hydrogen) atoms. The number of carbonyl (C=O) groups is 5. The van der Waals surface area contributed by atoms with E-state index in [1.165, 1.54) is 0 Å². The van der Waals surface area contributed by atoms with Gasteiger partial charge in [0.1, 0.15) is 12.7 Å². The Morgan fingerprint density at radius 3 is 1.70 bits per heavy atom. The van der Waals surface area contributed by atoms with Crippen LogP contribution >= 0.6 is 7.82 Å². The predicted molar refractivity (Wildman–Crippen MR) is 96.2 cm³/mol. The van der Waals surface area contributed by atoms with Crippen molar-refractivity contribution in [1.82, 2.24) is 0 Å². The minimum absolute atomic E-state index is 0.679. The zero-order valence-electron chi connectivity index (χ0n) is 18.2. The topological polar surface area (TPSA) is 213 Å². The van der Waals surface area contributed by atoms with Gasteiger partial charge in [-0.25, -0.2) is 0 Å². The number of esters is 5. The summed E-state index contributed by atoms with van der Waals surface area (Å²) in [6, 6.07) is 0. The second kappa shape index (κ2) is 12.0. The fourth-order valence-electron chi connectivity index (χ4n) is 2.92. The highest BCUT2D eigenvalue weighted by molar-refractivity contribution is 7.43. The van der Waals surface area contributed by atoms with E-state index >= 15 is 0 Å². The second-order valence-electron chi connectivity index (χ2n) is 6.69. The van der Waals surface area contributed by atoms with Crippen LogP contribution in [-0.4, -0.2) is 73.3 Å². The third kappa shape index (κ3) is 9.84. The Hall–Kier alpha value is -2.58. The van der Waals surface area contributed by atoms with Crippen LogP contribution in [-0.2, 0) is 61.5 Å². The number of phosphoric acid groups is 1. The molecule has 6 atom stereocenters. The van der Waals surface area contributed by atoms with Gasteiger partial charge < -0.3 is 47.3 Å². The molecular formula is C17H23O15P-2. The Bertz CT molecular complexity index is 804. The fraction of sp³-hybridized carbons (Fsp3) is 0.706. The quantitative estimate of drug-likeness (QED) is 0.188. The van der Waals surface area contributed by atoms with E-state index < -0.39 is 81.1 Å². The Labute approximate surface area is 187 Å². The number of phosphoric ester groups is 1. The summed E-state index contributed by atoms with van der Waals surface area (Å²) in [5, 5.41) is 0. The minimum atomic E-state index is -5.80. The summed E-state index contributed by atoms with van der Waals surface area (Å²) in [5.41, 5.74) is 0. The fourth-order valence-corrected chi connectivity index (χ4v) is 3.35. The molecule has 0 amide bonds. The average molecular weight is 498 g/mol. The number of hydrogen-bond acceptors (Lipinski definition) is 15. The molecule has 16 heteroatoms. The van der Waals surface area contributed by atoms with Crippen molar-refractivity contribution in [1.29, 1.82) is 0 Å². The lowest BCUT2D eigenvalue weighted by Gasteiger charge is -2.47. The predicted octanol–water partition coefficient (Wildman–Crippen LogP) is -2.15. The van der Waals surface area contributed by atoms with Gasteiger partial charge in [0.05, 0.1) is 7.82 Å². The van der Waals surface area contributed by atoms with E-state index in [1.807, 2.05) is 0 Å². The summed E-state index contributed by atoms with van der Waals surface area (Å²) in [6.07, 6.45) is -10.9. The van der Waals surface area contributed by atoms with Crippen LogP contribution in [0.1, 0.15) is 34.6 Å². The maximum atomic E-state index is 11.7. The maximum Gasteiger partial charge on any atom is 0.303 e. The van der Waals surface area contributed by atoms with Crippen molar-refractivity contribution in [2.75, 3.05) is 6.61 Å². The number of carbonyl (C=O) groups excluding carboxylic acids is 5. The van der Waals surface area contributed by atoms with Crippen LogP contribution in [0.2, 0.25) is 0 Å². The molecule has 0 saturated carbocycles. The van der Waals surface area contributed by atoms with Crippen LogP contribution in [0, 0.1) is 0 Å². The number of rotatable bonds is 9. The summed E-state index contributed by atoms with van der Waals surface area (Å²) < 4.78 is 46.0. The van der Waals surface area contributed by atoms with Gasteiger partial charge in [-0.1, -0.05) is 0 Å². The minimum Gasteiger partial charge on any atom is -0.790 e. The van der Waals surface area contributed by atoms with Gasteiger partial charge in [-0.2, -0.15) is 0 Å². The molecule has 0 aromatic carbocycles. The van der Waals surface area contributed by atoms with Crippen molar-refractivity contribution in [2.24, 2.45) is 0 Å². The molecule has 0 unspecified atom stereocenters. The smallest absolute Gasteiger partial charge is 0.303 e. The normalized spacial score (nSPS) is 25.8. The van der Waals surface area contributed by atoms with E-state index in [1.54, 1.807) is 0 Å². The molecule has 1 heterocycles. The van der Waals surface area contributed by atoms with E-state index in [2.05, 4.69) is 4.52 Å². The summed E-state index contributed by atoms with van der Waals surface area (Å²) in [6.45, 7) is 4.14. The highest BCUT2D eigenvalue weighted by Gasteiger charge is 2.55. The zero-order chi connectivity index (χ0) is 25.5. The largest absolute Gasteiger partial charge is 0.790 e. The van der Waals surface area contributed by atoms with Crippen LogP contribution in [0.15, 0.2) is 0 Å². The van der Waals surface area contributed by atoms with Gasteiger partial charge in [-0.05, 0) is 0 Å². The summed E-state index contributed by atoms with van der Waals surface area (Å²) >= 11 is 0. The SMILES string of the molecule is CC(=O)OC[C@H](OC(C)=O)[C@H]1O[C@H](OP(=O)([O-])[O-])[C@@H](OC(C)=O)[C@@H](OC(C)=O)[C@@H]1OC(C)=O. The number of ether oxygens (including phenoxy) is 6. The van der Waals surface area contributed by atoms with Crippen LogP contribution in [0.3, 0.4) is 0 Å². The van der Waals surface area contributed by atoms with Crippen LogP contribution in [0.4, 0.5) is 0 Å². The molecule has 188 valence electrons. The first-order valence-corrected chi connectivity index (χ1v) is 10.7. The lowest BCUT2D eigenvalue weighted by atomic mass is 9.94. The van der Waals surface area contributed by atoms with Gasteiger partial charge >= 0.3 is 29.8 Å². The van der Waals surface area contributed by atoms with Crippen molar-refractivity contribution in [3.63, 3.8) is 0 Å². The standard InChI is InChI=1S/C17H25O15P/c1-7(18)26-6-12(27-8(2)19)13-14(28-9(3)20)15(29-10(4)21)16(30-11(5)22)17(31-13)32-33(23,24)25/h12-17H,6H2,1-5H3,(H2,23,24,25)/p-2/t12-,13+,14+,15-,16-,17+/m0/s1. The van der Waals surface area contributed by atoms with Gasteiger partial charge in [0.15, 0.2) is 24.4 Å². The first-order valence-electron chi connectivity index (χ1n) is 9.29. The van der Waals surface area contributed by atoms with Gasteiger partial charge in [-0.3, -0.25) is 24.0 Å². The molecule has 0 spiro atoms. The molecule has 1 aliphatic heterocycles. The Kier molecular flexibility index (Phi) is 10.4. The van der Waals surface area contributed by atoms with Gasteiger partial charge in [0, 0.05) is 34.6 Å². The van der Waals surface area contributed by atoms with Crippen molar-refractivity contribution < 1.29 is 71.3 Å². The molecule has 0 aliphatic carbocycles. The summed E-state index contributed by atoms with van der Waals surface area (Å²) in [5.74, 6) is -4.71. The molecule has 0 aromatic rings. The van der Waals surface area contributed by atoms with E-state index in [0.29, 0.717) is 0 Å². The Balaban J connectivity index is 3.58. The molecule has 1 aliphatic rings. The third-order valence-corrected chi connectivity index (χ3v) is 4.27. The summed E-state index contributed by atoms with van der Waals surface area (Å²) in [7, 11) is -5.80. The Morgan fingerprint density at radius 2 is 1.27 bits per heavy atom. The lowest BCUT2D eigenvalue weighted by Crippen LogP contribution is -2.65. The maximum absolute atomic E-state index is 11.7. The molecule has 0 bridgehead atoms. The molecule has 0 aromatic heterocycles. The lowest BCUT2D eigenvalue weighted by molar-refractivity contribution is -0.371.